The lowest BCUT2D eigenvalue weighted by Crippen LogP contribution is -2.45. The van der Waals surface area contributed by atoms with Crippen LogP contribution in [0.2, 0.25) is 0 Å². The third kappa shape index (κ3) is 4.08. The Morgan fingerprint density at radius 3 is 2.73 bits per heavy atom. The van der Waals surface area contributed by atoms with Crippen LogP contribution >= 0.6 is 0 Å². The number of carbonyl (C=O) groups is 1. The van der Waals surface area contributed by atoms with Crippen molar-refractivity contribution in [3.05, 3.63) is 57.9 Å². The summed E-state index contributed by atoms with van der Waals surface area (Å²) in [5.74, 6) is -0.0942. The Balaban J connectivity index is 1.55. The molecular weight excluding hydrogens is 334 g/mol. The van der Waals surface area contributed by atoms with Crippen LogP contribution in [-0.2, 0) is 7.05 Å². The molecule has 1 fully saturated rings. The van der Waals surface area contributed by atoms with Crippen LogP contribution in [0.4, 0.5) is 5.69 Å². The number of amides is 1. The molecule has 1 N–H and O–H groups in total. The van der Waals surface area contributed by atoms with Crippen LogP contribution in [0.15, 0.2) is 36.7 Å². The van der Waals surface area contributed by atoms with Gasteiger partial charge in [0.15, 0.2) is 0 Å². The van der Waals surface area contributed by atoms with Gasteiger partial charge in [0.2, 0.25) is 0 Å². The number of hydrogen-bond donors (Lipinski definition) is 1. The zero-order valence-corrected chi connectivity index (χ0v) is 15.0. The Morgan fingerprint density at radius 2 is 2.12 bits per heavy atom. The van der Waals surface area contributed by atoms with E-state index in [0.717, 1.165) is 31.5 Å². The number of non-ortho nitro benzene ring substituents is 1. The van der Waals surface area contributed by atoms with Crippen molar-refractivity contribution in [3.63, 3.8) is 0 Å². The third-order valence-corrected chi connectivity index (χ3v) is 4.94. The van der Waals surface area contributed by atoms with Crippen molar-refractivity contribution in [2.75, 3.05) is 13.1 Å². The van der Waals surface area contributed by atoms with E-state index in [9.17, 15) is 14.9 Å². The number of nitro groups is 1. The molecule has 0 radical (unpaired) electrons. The number of nitro benzene ring substituents is 1. The maximum absolute atomic E-state index is 12.2. The summed E-state index contributed by atoms with van der Waals surface area (Å²) in [4.78, 5) is 25.1. The highest BCUT2D eigenvalue weighted by Gasteiger charge is 2.25. The molecule has 1 aliphatic rings. The highest BCUT2D eigenvalue weighted by Crippen LogP contribution is 2.26. The molecule has 2 heterocycles. The van der Waals surface area contributed by atoms with Gasteiger partial charge < -0.3 is 5.32 Å². The van der Waals surface area contributed by atoms with Crippen molar-refractivity contribution in [3.8, 4) is 0 Å². The van der Waals surface area contributed by atoms with Crippen LogP contribution in [0.3, 0.4) is 0 Å². The molecule has 8 heteroatoms. The smallest absolute Gasteiger partial charge is 0.269 e. The quantitative estimate of drug-likeness (QED) is 0.654. The summed E-state index contributed by atoms with van der Waals surface area (Å²) < 4.78 is 1.61. The van der Waals surface area contributed by atoms with Crippen LogP contribution in [-0.4, -0.2) is 44.6 Å². The van der Waals surface area contributed by atoms with Gasteiger partial charge in [-0.1, -0.05) is 12.1 Å². The summed E-state index contributed by atoms with van der Waals surface area (Å²) in [6, 6.07) is 7.04. The molecule has 0 saturated carbocycles. The van der Waals surface area contributed by atoms with Crippen LogP contribution in [0, 0.1) is 10.1 Å². The van der Waals surface area contributed by atoms with Gasteiger partial charge in [-0.2, -0.15) is 5.10 Å². The second-order valence-corrected chi connectivity index (χ2v) is 6.71. The fourth-order valence-corrected chi connectivity index (χ4v) is 3.35. The molecule has 2 aromatic rings. The number of likely N-dealkylation sites (tertiary alicyclic amines) is 1. The molecule has 1 atom stereocenters. The first kappa shape index (κ1) is 18.1. The molecule has 1 saturated heterocycles. The zero-order valence-electron chi connectivity index (χ0n) is 15.0. The number of carbonyl (C=O) groups excluding carboxylic acids is 1. The van der Waals surface area contributed by atoms with Gasteiger partial charge in [0.05, 0.1) is 16.7 Å². The minimum Gasteiger partial charge on any atom is -0.349 e. The van der Waals surface area contributed by atoms with Gasteiger partial charge in [-0.05, 0) is 25.3 Å². The molecule has 1 aliphatic heterocycles. The maximum atomic E-state index is 12.2. The summed E-state index contributed by atoms with van der Waals surface area (Å²) >= 11 is 0. The fraction of sp³-hybridized carbons (Fsp3) is 0.444. The molecule has 0 unspecified atom stereocenters. The number of benzene rings is 1. The van der Waals surface area contributed by atoms with Crippen molar-refractivity contribution in [1.29, 1.82) is 0 Å². The average Bonchev–Trinajstić information content (AvgIpc) is 3.08. The molecule has 1 aromatic heterocycles. The average molecular weight is 357 g/mol. The van der Waals surface area contributed by atoms with Crippen LogP contribution in [0.5, 0.6) is 0 Å². The fourth-order valence-electron chi connectivity index (χ4n) is 3.35. The minimum atomic E-state index is -0.365. The molecule has 0 bridgehead atoms. The molecule has 138 valence electrons. The first-order valence-corrected chi connectivity index (χ1v) is 8.72. The molecule has 0 aliphatic carbocycles. The second kappa shape index (κ2) is 7.65. The number of aryl methyl sites for hydroxylation is 1. The van der Waals surface area contributed by atoms with E-state index in [1.165, 1.54) is 6.07 Å². The van der Waals surface area contributed by atoms with E-state index < -0.39 is 0 Å². The van der Waals surface area contributed by atoms with Gasteiger partial charge >= 0.3 is 0 Å². The van der Waals surface area contributed by atoms with E-state index in [2.05, 4.69) is 22.2 Å². The Hall–Kier alpha value is -2.74. The summed E-state index contributed by atoms with van der Waals surface area (Å²) in [7, 11) is 1.78. The van der Waals surface area contributed by atoms with E-state index in [1.54, 1.807) is 36.3 Å². The van der Waals surface area contributed by atoms with E-state index in [-0.39, 0.29) is 28.6 Å². The number of nitrogens with one attached hydrogen (secondary N) is 1. The van der Waals surface area contributed by atoms with Gasteiger partial charge in [-0.25, -0.2) is 0 Å². The standard InChI is InChI=1S/C18H23N5O3/c1-13(14-4-3-5-17(10-14)23(25)26)22-8-6-16(7-9-22)20-18(24)15-11-19-21(2)12-15/h3-5,10-13,16H,6-9H2,1-2H3,(H,20,24)/t13-/m1/s1. The van der Waals surface area contributed by atoms with E-state index >= 15 is 0 Å². The molecule has 1 amide bonds. The summed E-state index contributed by atoms with van der Waals surface area (Å²) in [5, 5.41) is 18.0. The largest absolute Gasteiger partial charge is 0.349 e. The van der Waals surface area contributed by atoms with E-state index in [0.29, 0.717) is 5.56 Å². The van der Waals surface area contributed by atoms with E-state index in [4.69, 9.17) is 0 Å². The molecular formula is C18H23N5O3. The van der Waals surface area contributed by atoms with Gasteiger partial charge in [-0.3, -0.25) is 24.5 Å². The van der Waals surface area contributed by atoms with Crippen molar-refractivity contribution >= 4 is 11.6 Å². The summed E-state index contributed by atoms with van der Waals surface area (Å²) in [6.07, 6.45) is 4.97. The third-order valence-electron chi connectivity index (χ3n) is 4.94. The van der Waals surface area contributed by atoms with Crippen LogP contribution < -0.4 is 5.32 Å². The highest BCUT2D eigenvalue weighted by molar-refractivity contribution is 5.93. The van der Waals surface area contributed by atoms with Gasteiger partial charge in [0.25, 0.3) is 11.6 Å². The number of hydrogen-bond acceptors (Lipinski definition) is 5. The number of aromatic nitrogens is 2. The second-order valence-electron chi connectivity index (χ2n) is 6.71. The zero-order chi connectivity index (χ0) is 18.7. The Kier molecular flexibility index (Phi) is 5.32. The monoisotopic (exact) mass is 357 g/mol. The first-order chi connectivity index (χ1) is 12.4. The maximum Gasteiger partial charge on any atom is 0.269 e. The lowest BCUT2D eigenvalue weighted by atomic mass is 9.99. The minimum absolute atomic E-state index is 0.0942. The van der Waals surface area contributed by atoms with E-state index in [1.807, 2.05) is 6.07 Å². The van der Waals surface area contributed by atoms with Crippen molar-refractivity contribution in [2.45, 2.75) is 31.8 Å². The highest BCUT2D eigenvalue weighted by atomic mass is 16.6. The van der Waals surface area contributed by atoms with Crippen molar-refractivity contribution in [2.24, 2.45) is 7.05 Å². The number of nitrogens with zero attached hydrogens (tertiary/aromatic N) is 4. The topological polar surface area (TPSA) is 93.3 Å². The molecule has 1 aromatic carbocycles. The van der Waals surface area contributed by atoms with Gasteiger partial charge in [0, 0.05) is 50.6 Å². The Morgan fingerprint density at radius 1 is 1.38 bits per heavy atom. The normalized spacial score (nSPS) is 17.0. The van der Waals surface area contributed by atoms with Gasteiger partial charge in [0.1, 0.15) is 0 Å². The number of piperidine rings is 1. The molecule has 26 heavy (non-hydrogen) atoms. The lowest BCUT2D eigenvalue weighted by Gasteiger charge is -2.36. The molecule has 8 nitrogen and oxygen atoms in total. The summed E-state index contributed by atoms with van der Waals surface area (Å²) in [6.45, 7) is 3.73. The van der Waals surface area contributed by atoms with Gasteiger partial charge in [-0.15, -0.1) is 0 Å². The SMILES string of the molecule is C[C@H](c1cccc([N+](=O)[O-])c1)N1CCC(NC(=O)c2cnn(C)c2)CC1. The lowest BCUT2D eigenvalue weighted by molar-refractivity contribution is -0.385. The number of rotatable bonds is 5. The molecule has 0 spiro atoms. The predicted molar refractivity (Wildman–Crippen MR) is 96.8 cm³/mol. The van der Waals surface area contributed by atoms with Crippen molar-refractivity contribution < 1.29 is 9.72 Å². The van der Waals surface area contributed by atoms with Crippen LogP contribution in [0.1, 0.15) is 41.7 Å². The first-order valence-electron chi connectivity index (χ1n) is 8.72. The van der Waals surface area contributed by atoms with Crippen LogP contribution in [0.25, 0.3) is 0 Å². The Labute approximate surface area is 151 Å². The predicted octanol–water partition coefficient (Wildman–Crippen LogP) is 2.28. The van der Waals surface area contributed by atoms with Crippen molar-refractivity contribution in [1.82, 2.24) is 20.0 Å². The molecule has 3 rings (SSSR count). The summed E-state index contributed by atoms with van der Waals surface area (Å²) in [5.41, 5.74) is 1.63. The Bertz CT molecular complexity index is 796.